The van der Waals surface area contributed by atoms with Crippen molar-refractivity contribution in [2.24, 2.45) is 4.99 Å². The van der Waals surface area contributed by atoms with E-state index in [2.05, 4.69) is 20.5 Å². The molecule has 4 heterocycles. The molecule has 0 aliphatic carbocycles. The van der Waals surface area contributed by atoms with Crippen LogP contribution in [0.1, 0.15) is 4.88 Å². The first kappa shape index (κ1) is 18.9. The number of aromatic nitrogens is 2. The molecule has 1 fully saturated rings. The Morgan fingerprint density at radius 2 is 1.93 bits per heavy atom. The van der Waals surface area contributed by atoms with Gasteiger partial charge in [-0.15, -0.1) is 10.2 Å². The highest BCUT2D eigenvalue weighted by molar-refractivity contribution is 8.18. The number of hydrogen-bond donors (Lipinski definition) is 1. The number of rotatable bonds is 5. The van der Waals surface area contributed by atoms with Crippen LogP contribution in [-0.2, 0) is 4.79 Å². The van der Waals surface area contributed by atoms with Crippen molar-refractivity contribution < 1.29 is 19.1 Å². The van der Waals surface area contributed by atoms with Crippen molar-refractivity contribution in [3.63, 3.8) is 0 Å². The Kier molecular flexibility index (Phi) is 4.91. The van der Waals surface area contributed by atoms with Crippen LogP contribution in [0.25, 0.3) is 16.8 Å². The van der Waals surface area contributed by atoms with Gasteiger partial charge in [-0.2, -0.15) is 4.99 Å². The van der Waals surface area contributed by atoms with Crippen molar-refractivity contribution in [3.05, 3.63) is 54.3 Å². The molecule has 1 saturated heterocycles. The van der Waals surface area contributed by atoms with E-state index >= 15 is 0 Å². The van der Waals surface area contributed by atoms with Crippen molar-refractivity contribution in [2.75, 3.05) is 0 Å². The smallest absolute Gasteiger partial charge is 0.398 e. The Morgan fingerprint density at radius 1 is 1.10 bits per heavy atom. The van der Waals surface area contributed by atoms with Gasteiger partial charge in [0.2, 0.25) is 5.13 Å². The van der Waals surface area contributed by atoms with E-state index in [0.717, 1.165) is 34.4 Å². The lowest BCUT2D eigenvalue weighted by molar-refractivity contribution is -0.401. The maximum absolute atomic E-state index is 12.1. The molecule has 4 rings (SSSR count). The summed E-state index contributed by atoms with van der Waals surface area (Å²) in [5.74, 6) is -0.620. The number of thiophene rings is 1. The number of nitro groups is 2. The summed E-state index contributed by atoms with van der Waals surface area (Å²) in [6, 6.07) is 5.54. The quantitative estimate of drug-likeness (QED) is 0.347. The highest BCUT2D eigenvalue weighted by atomic mass is 32.2. The molecule has 15 heteroatoms. The molecule has 1 aliphatic heterocycles. The van der Waals surface area contributed by atoms with Crippen molar-refractivity contribution in [1.82, 2.24) is 15.5 Å². The predicted octanol–water partition coefficient (Wildman–Crippen LogP) is 3.57. The number of carbonyl (C=O) groups excluding carboxylic acids is 1. The first-order valence-electron chi connectivity index (χ1n) is 7.51. The van der Waals surface area contributed by atoms with Gasteiger partial charge in [-0.3, -0.25) is 25.0 Å². The fraction of sp³-hybridized carbons (Fsp3) is 0. The molecule has 1 amide bonds. The Labute approximate surface area is 172 Å². The van der Waals surface area contributed by atoms with E-state index in [-0.39, 0.29) is 21.1 Å². The van der Waals surface area contributed by atoms with Crippen LogP contribution in [0.3, 0.4) is 0 Å². The first-order chi connectivity index (χ1) is 13.9. The second-order valence-corrected chi connectivity index (χ2v) is 8.28. The molecule has 12 nitrogen and oxygen atoms in total. The second-order valence-electron chi connectivity index (χ2n) is 5.20. The van der Waals surface area contributed by atoms with Gasteiger partial charge in [-0.05, 0) is 30.0 Å². The number of nitrogens with zero attached hydrogens (tertiary/aromatic N) is 5. The summed E-state index contributed by atoms with van der Waals surface area (Å²) in [6.45, 7) is 0. The molecule has 29 heavy (non-hydrogen) atoms. The standard InChI is InChI=1S/C14H6N6O6S3/c21-11-8(5-6-1-4-10(27-6)20(24)25)28-13(15-11)16-14-18-17-12(29-14)7-2-3-9(26-7)19(22)23/h1-5H,(H,15,16,18,21). The number of amidine groups is 1. The van der Waals surface area contributed by atoms with Crippen molar-refractivity contribution in [2.45, 2.75) is 0 Å². The molecule has 0 atom stereocenters. The Hall–Kier alpha value is -3.43. The van der Waals surface area contributed by atoms with Crippen LogP contribution in [0.15, 0.2) is 38.6 Å². The minimum Gasteiger partial charge on any atom is -0.398 e. The molecule has 0 radical (unpaired) electrons. The van der Waals surface area contributed by atoms with E-state index in [1.165, 1.54) is 24.3 Å². The summed E-state index contributed by atoms with van der Waals surface area (Å²) in [5.41, 5.74) is 0. The average Bonchev–Trinajstić information content (AvgIpc) is 3.43. The predicted molar refractivity (Wildman–Crippen MR) is 106 cm³/mol. The summed E-state index contributed by atoms with van der Waals surface area (Å²) in [6.07, 6.45) is 1.54. The molecule has 0 saturated carbocycles. The molecular formula is C14H6N6O6S3. The van der Waals surface area contributed by atoms with Gasteiger partial charge in [-0.1, -0.05) is 22.7 Å². The van der Waals surface area contributed by atoms with Crippen LogP contribution >= 0.6 is 34.4 Å². The fourth-order valence-electron chi connectivity index (χ4n) is 2.12. The number of furan rings is 1. The molecular weight excluding hydrogens is 444 g/mol. The number of aliphatic imine (C=N–C) groups is 1. The molecule has 3 aromatic rings. The van der Waals surface area contributed by atoms with Gasteiger partial charge in [0.05, 0.1) is 15.9 Å². The van der Waals surface area contributed by atoms with Gasteiger partial charge in [0, 0.05) is 10.9 Å². The summed E-state index contributed by atoms with van der Waals surface area (Å²) in [4.78, 5) is 37.5. The van der Waals surface area contributed by atoms with E-state index in [1.807, 2.05) is 0 Å². The van der Waals surface area contributed by atoms with Crippen LogP contribution in [0.4, 0.5) is 16.0 Å². The Morgan fingerprint density at radius 3 is 2.62 bits per heavy atom. The summed E-state index contributed by atoms with van der Waals surface area (Å²) in [7, 11) is 0. The SMILES string of the molecule is O=C1NC(=Nc2nnc(-c3ccc([N+](=O)[O-])o3)s2)SC1=Cc1ccc([N+](=O)[O-])s1. The summed E-state index contributed by atoms with van der Waals surface area (Å²) < 4.78 is 5.06. The van der Waals surface area contributed by atoms with E-state index in [0.29, 0.717) is 14.8 Å². The minimum absolute atomic E-state index is 0.0197. The van der Waals surface area contributed by atoms with E-state index in [9.17, 15) is 25.0 Å². The third kappa shape index (κ3) is 4.05. The van der Waals surface area contributed by atoms with Gasteiger partial charge >= 0.3 is 10.9 Å². The van der Waals surface area contributed by atoms with Crippen LogP contribution in [0.2, 0.25) is 0 Å². The third-order valence-electron chi connectivity index (χ3n) is 3.31. The van der Waals surface area contributed by atoms with Crippen molar-refractivity contribution in [1.29, 1.82) is 0 Å². The summed E-state index contributed by atoms with van der Waals surface area (Å²) >= 11 is 3.03. The summed E-state index contributed by atoms with van der Waals surface area (Å²) in [5, 5.41) is 32.5. The maximum atomic E-state index is 12.1. The highest BCUT2D eigenvalue weighted by Crippen LogP contribution is 2.34. The molecule has 0 unspecified atom stereocenters. The van der Waals surface area contributed by atoms with Crippen LogP contribution < -0.4 is 5.32 Å². The van der Waals surface area contributed by atoms with E-state index in [1.54, 1.807) is 6.07 Å². The number of nitrogens with one attached hydrogen (secondary N) is 1. The average molecular weight is 450 g/mol. The lowest BCUT2D eigenvalue weighted by Gasteiger charge is -1.89. The first-order valence-corrected chi connectivity index (χ1v) is 9.96. The number of carbonyl (C=O) groups is 1. The van der Waals surface area contributed by atoms with E-state index < -0.39 is 21.6 Å². The molecule has 146 valence electrons. The molecule has 0 bridgehead atoms. The van der Waals surface area contributed by atoms with Gasteiger partial charge in [0.25, 0.3) is 5.91 Å². The zero-order valence-corrected chi connectivity index (χ0v) is 16.2. The normalized spacial score (nSPS) is 16.5. The zero-order chi connectivity index (χ0) is 20.5. The van der Waals surface area contributed by atoms with Crippen molar-refractivity contribution in [3.8, 4) is 10.8 Å². The minimum atomic E-state index is -0.660. The molecule has 1 aliphatic rings. The Balaban J connectivity index is 1.51. The molecule has 1 N–H and O–H groups in total. The monoisotopic (exact) mass is 450 g/mol. The van der Waals surface area contributed by atoms with Gasteiger partial charge < -0.3 is 9.73 Å². The van der Waals surface area contributed by atoms with Crippen LogP contribution in [0, 0.1) is 20.2 Å². The third-order valence-corrected chi connectivity index (χ3v) is 6.04. The lowest BCUT2D eigenvalue weighted by atomic mass is 10.4. The van der Waals surface area contributed by atoms with Crippen LogP contribution in [0.5, 0.6) is 0 Å². The number of thioether (sulfide) groups is 1. The second kappa shape index (κ2) is 7.53. The molecule has 0 spiro atoms. The fourth-order valence-corrected chi connectivity index (χ4v) is 4.51. The number of amides is 1. The topological polar surface area (TPSA) is 167 Å². The lowest BCUT2D eigenvalue weighted by Crippen LogP contribution is -2.19. The Bertz CT molecular complexity index is 1210. The van der Waals surface area contributed by atoms with Crippen molar-refractivity contribution >= 4 is 67.6 Å². The van der Waals surface area contributed by atoms with Gasteiger partial charge in [0.15, 0.2) is 15.9 Å². The van der Waals surface area contributed by atoms with Gasteiger partial charge in [0.1, 0.15) is 4.92 Å². The maximum Gasteiger partial charge on any atom is 0.433 e. The van der Waals surface area contributed by atoms with E-state index in [4.69, 9.17) is 4.42 Å². The zero-order valence-electron chi connectivity index (χ0n) is 13.8. The highest BCUT2D eigenvalue weighted by Gasteiger charge is 2.25. The largest absolute Gasteiger partial charge is 0.433 e. The molecule has 3 aromatic heterocycles. The molecule has 0 aromatic carbocycles. The van der Waals surface area contributed by atoms with Gasteiger partial charge in [-0.25, -0.2) is 0 Å². The number of hydrogen-bond acceptors (Lipinski definition) is 12. The van der Waals surface area contributed by atoms with Crippen LogP contribution in [-0.4, -0.2) is 31.1 Å².